The maximum atomic E-state index is 12.9. The SMILES string of the molecule is CC[C@H](Sc1nc2ncccc2o1)C(=O)N(CC)c1ccccc1. The second kappa shape index (κ2) is 7.49. The minimum atomic E-state index is -0.252. The van der Waals surface area contributed by atoms with Crippen LogP contribution in [0.4, 0.5) is 5.69 Å². The van der Waals surface area contributed by atoms with E-state index in [2.05, 4.69) is 9.97 Å². The van der Waals surface area contributed by atoms with Gasteiger partial charge in [0.2, 0.25) is 5.91 Å². The molecule has 3 rings (SSSR count). The molecule has 0 aliphatic rings. The number of thioether (sulfide) groups is 1. The lowest BCUT2D eigenvalue weighted by atomic mass is 10.2. The highest BCUT2D eigenvalue weighted by Gasteiger charge is 2.26. The third kappa shape index (κ3) is 3.43. The van der Waals surface area contributed by atoms with Gasteiger partial charge in [0.1, 0.15) is 0 Å². The number of hydrogen-bond acceptors (Lipinski definition) is 5. The largest absolute Gasteiger partial charge is 0.430 e. The third-order valence-electron chi connectivity index (χ3n) is 3.68. The van der Waals surface area contributed by atoms with Gasteiger partial charge in [-0.1, -0.05) is 36.9 Å². The van der Waals surface area contributed by atoms with E-state index in [1.54, 1.807) is 17.2 Å². The lowest BCUT2D eigenvalue weighted by Crippen LogP contribution is -2.37. The summed E-state index contributed by atoms with van der Waals surface area (Å²) in [6, 6.07) is 13.3. The zero-order chi connectivity index (χ0) is 16.9. The summed E-state index contributed by atoms with van der Waals surface area (Å²) in [6.45, 7) is 4.59. The molecule has 0 radical (unpaired) electrons. The van der Waals surface area contributed by atoms with Crippen molar-refractivity contribution in [2.24, 2.45) is 0 Å². The monoisotopic (exact) mass is 341 g/mol. The van der Waals surface area contributed by atoms with Gasteiger partial charge < -0.3 is 9.32 Å². The Hall–Kier alpha value is -2.34. The predicted molar refractivity (Wildman–Crippen MR) is 96.2 cm³/mol. The molecular weight excluding hydrogens is 322 g/mol. The minimum Gasteiger partial charge on any atom is -0.430 e. The van der Waals surface area contributed by atoms with Crippen LogP contribution in [0.1, 0.15) is 20.3 Å². The Morgan fingerprint density at radius 3 is 2.67 bits per heavy atom. The molecule has 5 nitrogen and oxygen atoms in total. The van der Waals surface area contributed by atoms with Gasteiger partial charge in [-0.15, -0.1) is 0 Å². The molecule has 0 aliphatic heterocycles. The molecule has 1 amide bonds. The molecule has 0 N–H and O–H groups in total. The van der Waals surface area contributed by atoms with E-state index in [0.29, 0.717) is 29.4 Å². The van der Waals surface area contributed by atoms with Gasteiger partial charge in [-0.2, -0.15) is 4.98 Å². The summed E-state index contributed by atoms with van der Waals surface area (Å²) in [4.78, 5) is 23.3. The molecule has 0 spiro atoms. The summed E-state index contributed by atoms with van der Waals surface area (Å²) in [5, 5.41) is 0.228. The maximum absolute atomic E-state index is 12.9. The van der Waals surface area contributed by atoms with Crippen molar-refractivity contribution < 1.29 is 9.21 Å². The number of hydrogen-bond donors (Lipinski definition) is 0. The zero-order valence-electron chi connectivity index (χ0n) is 13.7. The number of nitrogens with zero attached hydrogens (tertiary/aromatic N) is 3. The molecule has 0 unspecified atom stereocenters. The van der Waals surface area contributed by atoms with Crippen LogP contribution in [0, 0.1) is 0 Å². The normalized spacial score (nSPS) is 12.2. The molecular formula is C18H19N3O2S. The summed E-state index contributed by atoms with van der Waals surface area (Å²) >= 11 is 1.35. The van der Waals surface area contributed by atoms with E-state index >= 15 is 0 Å². The zero-order valence-corrected chi connectivity index (χ0v) is 14.5. The Bertz CT molecular complexity index is 786. The molecule has 24 heavy (non-hydrogen) atoms. The van der Waals surface area contributed by atoms with Crippen LogP contribution in [-0.4, -0.2) is 27.7 Å². The first-order valence-corrected chi connectivity index (χ1v) is 8.85. The van der Waals surface area contributed by atoms with Crippen molar-refractivity contribution in [1.82, 2.24) is 9.97 Å². The van der Waals surface area contributed by atoms with Crippen LogP contribution in [0.5, 0.6) is 0 Å². The second-order valence-electron chi connectivity index (χ2n) is 5.24. The molecule has 0 bridgehead atoms. The topological polar surface area (TPSA) is 59.2 Å². The summed E-state index contributed by atoms with van der Waals surface area (Å²) in [5.74, 6) is 0.0615. The Morgan fingerprint density at radius 1 is 1.21 bits per heavy atom. The minimum absolute atomic E-state index is 0.0615. The molecule has 2 heterocycles. The molecule has 1 aromatic carbocycles. The van der Waals surface area contributed by atoms with Crippen LogP contribution in [-0.2, 0) is 4.79 Å². The van der Waals surface area contributed by atoms with Gasteiger partial charge in [-0.25, -0.2) is 4.98 Å². The lowest BCUT2D eigenvalue weighted by molar-refractivity contribution is -0.118. The Labute approximate surface area is 145 Å². The molecule has 124 valence electrons. The number of oxazole rings is 1. The van der Waals surface area contributed by atoms with E-state index in [0.717, 1.165) is 5.69 Å². The summed E-state index contributed by atoms with van der Waals surface area (Å²) in [7, 11) is 0. The molecule has 3 aromatic rings. The first-order valence-electron chi connectivity index (χ1n) is 7.97. The molecule has 6 heteroatoms. The lowest BCUT2D eigenvalue weighted by Gasteiger charge is -2.24. The van der Waals surface area contributed by atoms with E-state index in [4.69, 9.17) is 4.42 Å². The average molecular weight is 341 g/mol. The molecule has 0 saturated carbocycles. The van der Waals surface area contributed by atoms with Gasteiger partial charge in [-0.3, -0.25) is 4.79 Å². The van der Waals surface area contributed by atoms with E-state index in [1.165, 1.54) is 11.8 Å². The van der Waals surface area contributed by atoms with Crippen LogP contribution < -0.4 is 4.90 Å². The van der Waals surface area contributed by atoms with E-state index < -0.39 is 0 Å². The van der Waals surface area contributed by atoms with E-state index in [9.17, 15) is 4.79 Å². The Balaban J connectivity index is 1.80. The summed E-state index contributed by atoms with van der Waals surface area (Å²) in [5.41, 5.74) is 2.11. The van der Waals surface area contributed by atoms with Gasteiger partial charge >= 0.3 is 0 Å². The number of carbonyl (C=O) groups is 1. The van der Waals surface area contributed by atoms with Crippen LogP contribution in [0.15, 0.2) is 58.3 Å². The quantitative estimate of drug-likeness (QED) is 0.631. The molecule has 1 atom stereocenters. The average Bonchev–Trinajstić information content (AvgIpc) is 3.03. The Kier molecular flexibility index (Phi) is 5.15. The predicted octanol–water partition coefficient (Wildman–Crippen LogP) is 4.15. The van der Waals surface area contributed by atoms with Crippen LogP contribution in [0.2, 0.25) is 0 Å². The first-order chi connectivity index (χ1) is 11.7. The van der Waals surface area contributed by atoms with Crippen molar-refractivity contribution in [3.63, 3.8) is 0 Å². The summed E-state index contributed by atoms with van der Waals surface area (Å²) < 4.78 is 5.69. The number of benzene rings is 1. The fourth-order valence-corrected chi connectivity index (χ4v) is 3.39. The highest BCUT2D eigenvalue weighted by Crippen LogP contribution is 2.29. The number of amides is 1. The van der Waals surface area contributed by atoms with Gasteiger partial charge in [0.15, 0.2) is 11.2 Å². The molecule has 2 aromatic heterocycles. The number of rotatable bonds is 6. The Morgan fingerprint density at radius 2 is 2.00 bits per heavy atom. The number of carbonyl (C=O) groups excluding carboxylic acids is 1. The standard InChI is InChI=1S/C18H19N3O2S/c1-3-15(17(22)21(4-2)13-9-6-5-7-10-13)24-18-20-16-14(23-18)11-8-12-19-16/h5-12,15H,3-4H2,1-2H3/t15-/m0/s1. The van der Waals surface area contributed by atoms with Crippen molar-refractivity contribution in [2.75, 3.05) is 11.4 Å². The fraction of sp³-hybridized carbons (Fsp3) is 0.278. The fourth-order valence-electron chi connectivity index (χ4n) is 2.48. The number of anilines is 1. The number of fused-ring (bicyclic) bond motifs is 1. The molecule has 0 saturated heterocycles. The number of pyridine rings is 1. The van der Waals surface area contributed by atoms with Crippen molar-refractivity contribution in [2.45, 2.75) is 30.7 Å². The van der Waals surface area contributed by atoms with Gasteiger partial charge in [-0.05, 0) is 37.6 Å². The van der Waals surface area contributed by atoms with Gasteiger partial charge in [0.05, 0.1) is 5.25 Å². The highest BCUT2D eigenvalue weighted by molar-refractivity contribution is 8.00. The maximum Gasteiger partial charge on any atom is 0.259 e. The van der Waals surface area contributed by atoms with E-state index in [-0.39, 0.29) is 11.2 Å². The first kappa shape index (κ1) is 16.5. The van der Waals surface area contributed by atoms with Crippen LogP contribution >= 0.6 is 11.8 Å². The van der Waals surface area contributed by atoms with Gasteiger partial charge in [0, 0.05) is 18.4 Å². The van der Waals surface area contributed by atoms with E-state index in [1.807, 2.05) is 50.2 Å². The smallest absolute Gasteiger partial charge is 0.259 e. The van der Waals surface area contributed by atoms with Crippen molar-refractivity contribution in [1.29, 1.82) is 0 Å². The summed E-state index contributed by atoms with van der Waals surface area (Å²) in [6.07, 6.45) is 2.37. The van der Waals surface area contributed by atoms with Crippen molar-refractivity contribution in [3.05, 3.63) is 48.7 Å². The number of aromatic nitrogens is 2. The third-order valence-corrected chi connectivity index (χ3v) is 4.88. The molecule has 0 aliphatic carbocycles. The molecule has 0 fully saturated rings. The van der Waals surface area contributed by atoms with Crippen LogP contribution in [0.25, 0.3) is 11.2 Å². The number of para-hydroxylation sites is 1. The van der Waals surface area contributed by atoms with Gasteiger partial charge in [0.25, 0.3) is 5.22 Å². The van der Waals surface area contributed by atoms with Crippen LogP contribution in [0.3, 0.4) is 0 Å². The second-order valence-corrected chi connectivity index (χ2v) is 6.39. The van der Waals surface area contributed by atoms with Crippen molar-refractivity contribution in [3.8, 4) is 0 Å². The highest BCUT2D eigenvalue weighted by atomic mass is 32.2. The van der Waals surface area contributed by atoms with Crippen molar-refractivity contribution >= 4 is 34.6 Å².